The second kappa shape index (κ2) is 7.01. The summed E-state index contributed by atoms with van der Waals surface area (Å²) in [6, 6.07) is 3.90. The number of hydrogen-bond acceptors (Lipinski definition) is 4. The lowest BCUT2D eigenvalue weighted by atomic mass is 9.88. The minimum atomic E-state index is 0.0618. The molecule has 5 nitrogen and oxygen atoms in total. The summed E-state index contributed by atoms with van der Waals surface area (Å²) in [5.41, 5.74) is 2.17. The van der Waals surface area contributed by atoms with Gasteiger partial charge < -0.3 is 19.7 Å². The lowest BCUT2D eigenvalue weighted by Gasteiger charge is -2.34. The summed E-state index contributed by atoms with van der Waals surface area (Å²) in [5, 5.41) is 3.22. The first-order chi connectivity index (χ1) is 10.5. The van der Waals surface area contributed by atoms with E-state index in [4.69, 9.17) is 9.47 Å². The van der Waals surface area contributed by atoms with Crippen molar-refractivity contribution < 1.29 is 14.3 Å². The molecule has 0 aromatic heterocycles. The molecule has 22 heavy (non-hydrogen) atoms. The van der Waals surface area contributed by atoms with Gasteiger partial charge in [0.1, 0.15) is 0 Å². The number of ether oxygens (including phenoxy) is 2. The topological polar surface area (TPSA) is 50.8 Å². The third-order valence-electron chi connectivity index (χ3n) is 4.54. The molecular formula is C17H26N2O3. The predicted molar refractivity (Wildman–Crippen MR) is 86.3 cm³/mol. The zero-order valence-electron chi connectivity index (χ0n) is 14.1. The van der Waals surface area contributed by atoms with Crippen LogP contribution >= 0.6 is 0 Å². The molecule has 1 aliphatic heterocycles. The summed E-state index contributed by atoms with van der Waals surface area (Å²) < 4.78 is 10.7. The first-order valence-electron chi connectivity index (χ1n) is 7.65. The van der Waals surface area contributed by atoms with Crippen molar-refractivity contribution in [1.29, 1.82) is 0 Å². The molecule has 1 aromatic rings. The van der Waals surface area contributed by atoms with E-state index in [0.717, 1.165) is 24.2 Å². The molecule has 5 heteroatoms. The van der Waals surface area contributed by atoms with E-state index in [2.05, 4.69) is 5.32 Å². The minimum absolute atomic E-state index is 0.0618. The monoisotopic (exact) mass is 306 g/mol. The average molecular weight is 306 g/mol. The second-order valence-corrected chi connectivity index (χ2v) is 6.03. The predicted octanol–water partition coefficient (Wildman–Crippen LogP) is 1.83. The van der Waals surface area contributed by atoms with E-state index in [1.165, 1.54) is 0 Å². The number of amides is 1. The molecule has 0 bridgehead atoms. The molecule has 1 amide bonds. The van der Waals surface area contributed by atoms with Gasteiger partial charge in [-0.3, -0.25) is 4.79 Å². The van der Waals surface area contributed by atoms with Crippen molar-refractivity contribution in [1.82, 2.24) is 10.2 Å². The van der Waals surface area contributed by atoms with Crippen LogP contribution in [0.5, 0.6) is 11.5 Å². The van der Waals surface area contributed by atoms with Gasteiger partial charge in [-0.2, -0.15) is 0 Å². The number of carbonyl (C=O) groups excluding carboxylic acids is 1. The van der Waals surface area contributed by atoms with Gasteiger partial charge in [-0.05, 0) is 49.2 Å². The number of carbonyl (C=O) groups is 1. The van der Waals surface area contributed by atoms with Crippen LogP contribution in [0.2, 0.25) is 0 Å². The molecule has 1 N–H and O–H groups in total. The van der Waals surface area contributed by atoms with Crippen LogP contribution in [0.3, 0.4) is 0 Å². The molecule has 2 rings (SSSR count). The van der Waals surface area contributed by atoms with Gasteiger partial charge >= 0.3 is 0 Å². The lowest BCUT2D eigenvalue weighted by molar-refractivity contribution is -0.136. The molecule has 0 spiro atoms. The maximum Gasteiger partial charge on any atom is 0.225 e. The number of aryl methyl sites for hydroxylation is 1. The largest absolute Gasteiger partial charge is 0.493 e. The first kappa shape index (κ1) is 16.6. The van der Waals surface area contributed by atoms with Crippen LogP contribution in [0, 0.1) is 18.8 Å². The fourth-order valence-electron chi connectivity index (χ4n) is 2.74. The van der Waals surface area contributed by atoms with Gasteiger partial charge in [0, 0.05) is 19.5 Å². The van der Waals surface area contributed by atoms with Crippen molar-refractivity contribution in [3.63, 3.8) is 0 Å². The number of benzene rings is 1. The highest BCUT2D eigenvalue weighted by Gasteiger charge is 2.30. The van der Waals surface area contributed by atoms with Crippen LogP contribution in [-0.2, 0) is 11.3 Å². The van der Waals surface area contributed by atoms with E-state index in [0.29, 0.717) is 24.0 Å². The Bertz CT molecular complexity index is 541. The molecule has 1 unspecified atom stereocenters. The van der Waals surface area contributed by atoms with Crippen molar-refractivity contribution in [2.75, 3.05) is 34.4 Å². The third-order valence-corrected chi connectivity index (χ3v) is 4.54. The Balaban J connectivity index is 2.10. The number of methoxy groups -OCH3 is 2. The lowest BCUT2D eigenvalue weighted by Crippen LogP contribution is -2.49. The van der Waals surface area contributed by atoms with E-state index in [1.807, 2.05) is 33.0 Å². The van der Waals surface area contributed by atoms with Crippen molar-refractivity contribution in [2.45, 2.75) is 20.4 Å². The maximum atomic E-state index is 12.5. The van der Waals surface area contributed by atoms with Gasteiger partial charge in [-0.1, -0.05) is 6.92 Å². The van der Waals surface area contributed by atoms with Crippen molar-refractivity contribution in [3.8, 4) is 11.5 Å². The highest BCUT2D eigenvalue weighted by Crippen LogP contribution is 2.31. The van der Waals surface area contributed by atoms with Crippen molar-refractivity contribution >= 4 is 5.91 Å². The highest BCUT2D eigenvalue weighted by molar-refractivity contribution is 5.78. The molecule has 0 radical (unpaired) electrons. The van der Waals surface area contributed by atoms with Crippen LogP contribution in [0.1, 0.15) is 18.1 Å². The van der Waals surface area contributed by atoms with Crippen molar-refractivity contribution in [2.24, 2.45) is 11.8 Å². The molecule has 0 saturated carbocycles. The van der Waals surface area contributed by atoms with Crippen LogP contribution in [0.25, 0.3) is 0 Å². The molecule has 1 heterocycles. The standard InChI is InChI=1S/C17H26N2O3/c1-11-6-15(21-4)16(22-5)7-13(11)10-19(3)17(20)12(2)14-8-18-9-14/h6-7,12,14,18H,8-10H2,1-5H3. The van der Waals surface area contributed by atoms with E-state index >= 15 is 0 Å². The Morgan fingerprint density at radius 1 is 1.32 bits per heavy atom. The van der Waals surface area contributed by atoms with Gasteiger partial charge in [0.05, 0.1) is 14.2 Å². The molecule has 1 fully saturated rings. The van der Waals surface area contributed by atoms with Gasteiger partial charge in [0.2, 0.25) is 5.91 Å². The van der Waals surface area contributed by atoms with E-state index in [-0.39, 0.29) is 11.8 Å². The molecular weight excluding hydrogens is 280 g/mol. The van der Waals surface area contributed by atoms with Crippen molar-refractivity contribution in [3.05, 3.63) is 23.3 Å². The summed E-state index contributed by atoms with van der Waals surface area (Å²) >= 11 is 0. The quantitative estimate of drug-likeness (QED) is 0.871. The van der Waals surface area contributed by atoms with Gasteiger partial charge in [0.25, 0.3) is 0 Å². The molecule has 1 atom stereocenters. The minimum Gasteiger partial charge on any atom is -0.493 e. The third kappa shape index (κ3) is 3.35. The number of rotatable bonds is 6. The van der Waals surface area contributed by atoms with E-state index < -0.39 is 0 Å². The molecule has 1 aliphatic rings. The summed E-state index contributed by atoms with van der Waals surface area (Å²) in [6.45, 7) is 6.50. The van der Waals surface area contributed by atoms with E-state index in [1.54, 1.807) is 19.1 Å². The highest BCUT2D eigenvalue weighted by atomic mass is 16.5. The Labute approximate surface area is 132 Å². The molecule has 1 saturated heterocycles. The van der Waals surface area contributed by atoms with Crippen LogP contribution in [0.4, 0.5) is 0 Å². The normalized spacial score (nSPS) is 15.9. The smallest absolute Gasteiger partial charge is 0.225 e. The van der Waals surface area contributed by atoms with Gasteiger partial charge in [-0.25, -0.2) is 0 Å². The first-order valence-corrected chi connectivity index (χ1v) is 7.65. The Morgan fingerprint density at radius 3 is 2.41 bits per heavy atom. The van der Waals surface area contributed by atoms with Crippen LogP contribution < -0.4 is 14.8 Å². The fourth-order valence-corrected chi connectivity index (χ4v) is 2.74. The SMILES string of the molecule is COc1cc(C)c(CN(C)C(=O)C(C)C2CNC2)cc1OC. The van der Waals surface area contributed by atoms with Gasteiger partial charge in [0.15, 0.2) is 11.5 Å². The Morgan fingerprint density at radius 2 is 1.91 bits per heavy atom. The zero-order valence-corrected chi connectivity index (χ0v) is 14.1. The second-order valence-electron chi connectivity index (χ2n) is 6.03. The average Bonchev–Trinajstić information content (AvgIpc) is 2.45. The van der Waals surface area contributed by atoms with Crippen LogP contribution in [-0.4, -0.2) is 45.2 Å². The van der Waals surface area contributed by atoms with Crippen LogP contribution in [0.15, 0.2) is 12.1 Å². The summed E-state index contributed by atoms with van der Waals surface area (Å²) in [4.78, 5) is 14.3. The summed E-state index contributed by atoms with van der Waals surface area (Å²) in [5.74, 6) is 2.13. The maximum absolute atomic E-state index is 12.5. The number of nitrogens with zero attached hydrogens (tertiary/aromatic N) is 1. The zero-order chi connectivity index (χ0) is 16.3. The summed E-state index contributed by atoms with van der Waals surface area (Å²) in [6.07, 6.45) is 0. The number of hydrogen-bond donors (Lipinski definition) is 1. The van der Waals surface area contributed by atoms with Gasteiger partial charge in [-0.15, -0.1) is 0 Å². The molecule has 1 aromatic carbocycles. The Hall–Kier alpha value is -1.75. The van der Waals surface area contributed by atoms with E-state index in [9.17, 15) is 4.79 Å². The molecule has 122 valence electrons. The molecule has 0 aliphatic carbocycles. The Kier molecular flexibility index (Phi) is 5.29. The fraction of sp³-hybridized carbons (Fsp3) is 0.588. The summed E-state index contributed by atoms with van der Waals surface area (Å²) in [7, 11) is 5.11. The number of nitrogens with one attached hydrogen (secondary N) is 1.